The zero-order chi connectivity index (χ0) is 4.99. The third-order valence-electron chi connectivity index (χ3n) is 0.500. The molecule has 0 heterocycles. The quantitative estimate of drug-likeness (QED) is 0.607. The van der Waals surface area contributed by atoms with Crippen molar-refractivity contribution in [2.75, 3.05) is 12.0 Å². The minimum atomic E-state index is 0. The first-order valence-corrected chi connectivity index (χ1v) is 3.65. The summed E-state index contributed by atoms with van der Waals surface area (Å²) in [5.74, 6) is 2.15. The lowest BCUT2D eigenvalue weighted by Crippen LogP contribution is -1.87. The second-order valence-corrected chi connectivity index (χ2v) is 2.76. The monoisotopic (exact) mass is 121 g/mol. The highest BCUT2D eigenvalue weighted by atomic mass is 32.2. The van der Waals surface area contributed by atoms with Crippen molar-refractivity contribution in [1.29, 1.82) is 0 Å². The van der Waals surface area contributed by atoms with Crippen molar-refractivity contribution >= 4 is 11.8 Å². The van der Waals surface area contributed by atoms with Crippen molar-refractivity contribution in [3.8, 4) is 0 Å². The van der Waals surface area contributed by atoms with Crippen LogP contribution >= 0.6 is 11.8 Å². The van der Waals surface area contributed by atoms with E-state index in [9.17, 15) is 0 Å². The summed E-state index contributed by atoms with van der Waals surface area (Å²) in [7, 11) is 0. The Morgan fingerprint density at radius 3 is 1.86 bits per heavy atom. The van der Waals surface area contributed by atoms with Gasteiger partial charge in [-0.25, -0.2) is 0 Å². The van der Waals surface area contributed by atoms with E-state index in [2.05, 4.69) is 20.1 Å². The van der Waals surface area contributed by atoms with Crippen molar-refractivity contribution in [2.24, 2.45) is 5.92 Å². The second kappa shape index (κ2) is 6.31. The zero-order valence-corrected chi connectivity index (χ0v) is 6.22. The molecule has 0 spiro atoms. The molecule has 2 heteroatoms. The van der Waals surface area contributed by atoms with Crippen LogP contribution in [0.1, 0.15) is 13.8 Å². The Hall–Kier alpha value is 0.310. The van der Waals surface area contributed by atoms with Crippen molar-refractivity contribution < 1.29 is 0 Å². The second-order valence-electron chi connectivity index (χ2n) is 1.85. The topological polar surface area (TPSA) is 35.0 Å². The van der Waals surface area contributed by atoms with E-state index >= 15 is 0 Å². The van der Waals surface area contributed by atoms with Crippen LogP contribution in [-0.2, 0) is 0 Å². The van der Waals surface area contributed by atoms with Crippen LogP contribution in [0.2, 0.25) is 0 Å². The normalized spacial score (nSPS) is 8.57. The summed E-state index contributed by atoms with van der Waals surface area (Å²) in [6.45, 7) is 4.47. The highest BCUT2D eigenvalue weighted by Gasteiger charge is 1.85. The molecule has 0 aliphatic carbocycles. The van der Waals surface area contributed by atoms with Gasteiger partial charge in [0.2, 0.25) is 0 Å². The van der Waals surface area contributed by atoms with Gasteiger partial charge in [0.05, 0.1) is 0 Å². The lowest BCUT2D eigenvalue weighted by molar-refractivity contribution is 0.751. The SMILES string of the molecule is CSCC(C)C.N. The van der Waals surface area contributed by atoms with Gasteiger partial charge in [-0.1, -0.05) is 13.8 Å². The Morgan fingerprint density at radius 1 is 1.43 bits per heavy atom. The molecule has 0 bridgehead atoms. The van der Waals surface area contributed by atoms with Crippen LogP contribution in [0.3, 0.4) is 0 Å². The highest BCUT2D eigenvalue weighted by molar-refractivity contribution is 7.98. The molecule has 0 radical (unpaired) electrons. The van der Waals surface area contributed by atoms with Crippen LogP contribution < -0.4 is 6.15 Å². The predicted octanol–water partition coefficient (Wildman–Crippen LogP) is 2.17. The minimum absolute atomic E-state index is 0. The fourth-order valence-corrected chi connectivity index (χ4v) is 1.00. The van der Waals surface area contributed by atoms with E-state index in [-0.39, 0.29) is 6.15 Å². The molecule has 7 heavy (non-hydrogen) atoms. The molecular weight excluding hydrogens is 106 g/mol. The third-order valence-corrected chi connectivity index (χ3v) is 1.50. The molecule has 0 aromatic heterocycles. The molecule has 0 amide bonds. The summed E-state index contributed by atoms with van der Waals surface area (Å²) < 4.78 is 0. The lowest BCUT2D eigenvalue weighted by Gasteiger charge is -1.95. The molecule has 0 aromatic rings. The van der Waals surface area contributed by atoms with E-state index in [0.717, 1.165) is 5.92 Å². The molecule has 0 atom stereocenters. The number of hydrogen-bond donors (Lipinski definition) is 1. The summed E-state index contributed by atoms with van der Waals surface area (Å²) in [5.41, 5.74) is 0. The first-order chi connectivity index (χ1) is 2.77. The minimum Gasteiger partial charge on any atom is -0.344 e. The first kappa shape index (κ1) is 10.3. The van der Waals surface area contributed by atoms with E-state index in [1.807, 2.05) is 11.8 Å². The van der Waals surface area contributed by atoms with Gasteiger partial charge in [0.15, 0.2) is 0 Å². The largest absolute Gasteiger partial charge is 0.344 e. The van der Waals surface area contributed by atoms with Crippen LogP contribution in [0.4, 0.5) is 0 Å². The van der Waals surface area contributed by atoms with Gasteiger partial charge >= 0.3 is 0 Å². The van der Waals surface area contributed by atoms with Gasteiger partial charge in [-0.3, -0.25) is 0 Å². The average Bonchev–Trinajstić information content (AvgIpc) is 1.35. The average molecular weight is 121 g/mol. The number of rotatable bonds is 2. The summed E-state index contributed by atoms with van der Waals surface area (Å²) in [5, 5.41) is 0. The maximum atomic E-state index is 2.23. The summed E-state index contributed by atoms with van der Waals surface area (Å²) in [6.07, 6.45) is 2.14. The van der Waals surface area contributed by atoms with E-state index in [0.29, 0.717) is 0 Å². The molecule has 0 aliphatic rings. The predicted molar refractivity (Wildman–Crippen MR) is 38.2 cm³/mol. The maximum Gasteiger partial charge on any atom is -0.00472 e. The molecular formula is C5H15NS. The Balaban J connectivity index is 0. The van der Waals surface area contributed by atoms with Crippen LogP contribution in [-0.4, -0.2) is 12.0 Å². The number of hydrogen-bond acceptors (Lipinski definition) is 2. The Labute approximate surface area is 50.5 Å². The van der Waals surface area contributed by atoms with E-state index < -0.39 is 0 Å². The lowest BCUT2D eigenvalue weighted by atomic mass is 10.3. The summed E-state index contributed by atoms with van der Waals surface area (Å²) in [4.78, 5) is 0. The van der Waals surface area contributed by atoms with Crippen molar-refractivity contribution in [1.82, 2.24) is 6.15 Å². The van der Waals surface area contributed by atoms with E-state index in [1.165, 1.54) is 5.75 Å². The molecule has 0 saturated carbocycles. The van der Waals surface area contributed by atoms with Crippen LogP contribution in [0.15, 0.2) is 0 Å². The molecule has 1 nitrogen and oxygen atoms in total. The smallest absolute Gasteiger partial charge is 0.00472 e. The number of thioether (sulfide) groups is 1. The molecule has 0 aliphatic heterocycles. The van der Waals surface area contributed by atoms with Crippen LogP contribution in [0.25, 0.3) is 0 Å². The van der Waals surface area contributed by atoms with Crippen LogP contribution in [0.5, 0.6) is 0 Å². The van der Waals surface area contributed by atoms with Gasteiger partial charge in [0, 0.05) is 0 Å². The summed E-state index contributed by atoms with van der Waals surface area (Å²) in [6, 6.07) is 0. The highest BCUT2D eigenvalue weighted by Crippen LogP contribution is 2.00. The molecule has 3 N–H and O–H groups in total. The van der Waals surface area contributed by atoms with E-state index in [1.54, 1.807) is 0 Å². The maximum absolute atomic E-state index is 2.23. The molecule has 46 valence electrons. The fraction of sp³-hybridized carbons (Fsp3) is 1.00. The molecule has 0 fully saturated rings. The first-order valence-electron chi connectivity index (χ1n) is 2.26. The zero-order valence-electron chi connectivity index (χ0n) is 5.40. The van der Waals surface area contributed by atoms with Gasteiger partial charge in [-0.2, -0.15) is 11.8 Å². The van der Waals surface area contributed by atoms with Crippen molar-refractivity contribution in [3.63, 3.8) is 0 Å². The standard InChI is InChI=1S/C5H12S.H3N/c1-5(2)4-6-3;/h5H,4H2,1-3H3;1H3. The van der Waals surface area contributed by atoms with Crippen molar-refractivity contribution in [2.45, 2.75) is 13.8 Å². The third kappa shape index (κ3) is 10.7. The van der Waals surface area contributed by atoms with E-state index in [4.69, 9.17) is 0 Å². The summed E-state index contributed by atoms with van der Waals surface area (Å²) >= 11 is 1.91. The van der Waals surface area contributed by atoms with Gasteiger partial charge in [-0.15, -0.1) is 0 Å². The Bertz CT molecular complexity index is 29.3. The van der Waals surface area contributed by atoms with Gasteiger partial charge < -0.3 is 6.15 Å². The van der Waals surface area contributed by atoms with Crippen LogP contribution in [0, 0.1) is 5.92 Å². The Morgan fingerprint density at radius 2 is 1.86 bits per heavy atom. The molecule has 0 aromatic carbocycles. The Kier molecular flexibility index (Phi) is 9.31. The molecule has 0 unspecified atom stereocenters. The van der Waals surface area contributed by atoms with Gasteiger partial charge in [0.25, 0.3) is 0 Å². The molecule has 0 rings (SSSR count). The molecule has 0 saturated heterocycles. The van der Waals surface area contributed by atoms with Crippen molar-refractivity contribution in [3.05, 3.63) is 0 Å². The van der Waals surface area contributed by atoms with Gasteiger partial charge in [0.1, 0.15) is 0 Å². The fourth-order valence-electron chi connectivity index (χ4n) is 0.333. The van der Waals surface area contributed by atoms with Gasteiger partial charge in [-0.05, 0) is 17.9 Å².